The average Bonchev–Trinajstić information content (AvgIpc) is 2.99. The summed E-state index contributed by atoms with van der Waals surface area (Å²) in [4.78, 5) is 17.2. The van der Waals surface area contributed by atoms with Gasteiger partial charge in [0.25, 0.3) is 5.92 Å². The van der Waals surface area contributed by atoms with Crippen molar-refractivity contribution < 1.29 is 18.3 Å². The van der Waals surface area contributed by atoms with Gasteiger partial charge in [-0.3, -0.25) is 0 Å². The van der Waals surface area contributed by atoms with E-state index in [1.807, 2.05) is 0 Å². The second-order valence-corrected chi connectivity index (χ2v) is 8.27. The van der Waals surface area contributed by atoms with Crippen LogP contribution in [0.15, 0.2) is 12.1 Å². The molecule has 2 aliphatic rings. The van der Waals surface area contributed by atoms with Crippen LogP contribution >= 0.6 is 23.2 Å². The van der Waals surface area contributed by atoms with E-state index in [1.165, 1.54) is 4.90 Å². The molecule has 0 spiro atoms. The summed E-state index contributed by atoms with van der Waals surface area (Å²) < 4.78 is 35.5. The van der Waals surface area contributed by atoms with Gasteiger partial charge >= 0.3 is 6.09 Å². The van der Waals surface area contributed by atoms with Gasteiger partial charge in [0.1, 0.15) is 15.9 Å². The number of alkyl halides is 2. The molecule has 2 fully saturated rings. The van der Waals surface area contributed by atoms with Gasteiger partial charge in [0.15, 0.2) is 0 Å². The molecule has 0 bridgehead atoms. The van der Waals surface area contributed by atoms with Crippen LogP contribution in [0, 0.1) is 11.3 Å². The summed E-state index contributed by atoms with van der Waals surface area (Å²) in [6.07, 6.45) is -0.202. The Balaban J connectivity index is 1.81. The van der Waals surface area contributed by atoms with Crippen molar-refractivity contribution in [1.29, 1.82) is 0 Å². The number of halogens is 4. The number of ether oxygens (including phenoxy) is 1. The van der Waals surface area contributed by atoms with Crippen LogP contribution in [0.5, 0.6) is 0 Å². The first-order chi connectivity index (χ1) is 10.9. The highest BCUT2D eigenvalue weighted by Crippen LogP contribution is 2.69. The van der Waals surface area contributed by atoms with Crippen LogP contribution in [-0.2, 0) is 10.7 Å². The highest BCUT2D eigenvalue weighted by Gasteiger charge is 2.73. The van der Waals surface area contributed by atoms with Crippen molar-refractivity contribution in [3.05, 3.63) is 28.0 Å². The Morgan fingerprint density at radius 1 is 1.33 bits per heavy atom. The van der Waals surface area contributed by atoms with Crippen molar-refractivity contribution in [3.8, 4) is 0 Å². The first-order valence-corrected chi connectivity index (χ1v) is 8.39. The lowest BCUT2D eigenvalue weighted by atomic mass is 9.91. The molecule has 1 aliphatic heterocycles. The van der Waals surface area contributed by atoms with Crippen LogP contribution in [0.1, 0.15) is 32.8 Å². The number of nitrogens with zero attached hydrogens (tertiary/aromatic N) is 2. The minimum absolute atomic E-state index is 0.0445. The zero-order chi connectivity index (χ0) is 17.9. The zero-order valence-corrected chi connectivity index (χ0v) is 15.1. The maximum Gasteiger partial charge on any atom is 0.410 e. The summed E-state index contributed by atoms with van der Waals surface area (Å²) in [5.74, 6) is -3.41. The van der Waals surface area contributed by atoms with Crippen molar-refractivity contribution in [2.75, 3.05) is 13.1 Å². The first kappa shape index (κ1) is 17.7. The average molecular weight is 379 g/mol. The van der Waals surface area contributed by atoms with Crippen molar-refractivity contribution in [3.63, 3.8) is 0 Å². The summed E-state index contributed by atoms with van der Waals surface area (Å²) in [5.41, 5.74) is -2.20. The van der Waals surface area contributed by atoms with E-state index in [0.29, 0.717) is 6.42 Å². The van der Waals surface area contributed by atoms with Crippen LogP contribution in [0.3, 0.4) is 0 Å². The fourth-order valence-corrected chi connectivity index (χ4v) is 3.83. The minimum Gasteiger partial charge on any atom is -0.444 e. The predicted octanol–water partition coefficient (Wildman–Crippen LogP) is 4.74. The standard InChI is InChI=1S/C16H18Cl2F2N2O2/c1-14(2,3)24-13(23)22-7-10-6-15(10,8-22)16(19,20)9-4-11(17)21-12(18)5-9/h4-5,10H,6-8H2,1-3H3/t10-,15-/m0/s1. The maximum atomic E-state index is 15.1. The monoisotopic (exact) mass is 378 g/mol. The van der Waals surface area contributed by atoms with E-state index in [9.17, 15) is 4.79 Å². The maximum absolute atomic E-state index is 15.1. The molecular formula is C16H18Cl2F2N2O2. The van der Waals surface area contributed by atoms with Gasteiger partial charge in [0.2, 0.25) is 0 Å². The van der Waals surface area contributed by atoms with Gasteiger partial charge in [0.05, 0.1) is 5.41 Å². The number of likely N-dealkylation sites (tertiary alicyclic amines) is 1. The number of pyridine rings is 1. The van der Waals surface area contributed by atoms with E-state index < -0.39 is 23.0 Å². The van der Waals surface area contributed by atoms with E-state index in [2.05, 4.69) is 4.98 Å². The molecule has 1 saturated heterocycles. The number of amides is 1. The Labute approximate surface area is 149 Å². The van der Waals surface area contributed by atoms with E-state index in [4.69, 9.17) is 27.9 Å². The number of hydrogen-bond acceptors (Lipinski definition) is 3. The number of rotatable bonds is 2. The topological polar surface area (TPSA) is 42.4 Å². The summed E-state index contributed by atoms with van der Waals surface area (Å²) >= 11 is 11.5. The van der Waals surface area contributed by atoms with Crippen molar-refractivity contribution >= 4 is 29.3 Å². The summed E-state index contributed by atoms with van der Waals surface area (Å²) in [6, 6.07) is 2.27. The molecule has 1 aromatic rings. The largest absolute Gasteiger partial charge is 0.444 e. The molecule has 0 unspecified atom stereocenters. The third kappa shape index (κ3) is 2.94. The first-order valence-electron chi connectivity index (χ1n) is 7.64. The van der Waals surface area contributed by atoms with Crippen molar-refractivity contribution in [2.45, 2.75) is 38.7 Å². The quantitative estimate of drug-likeness (QED) is 0.698. The lowest BCUT2D eigenvalue weighted by molar-refractivity contribution is -0.0835. The van der Waals surface area contributed by atoms with E-state index in [-0.39, 0.29) is 34.9 Å². The van der Waals surface area contributed by atoms with Gasteiger partial charge in [-0.1, -0.05) is 23.2 Å². The third-order valence-corrected chi connectivity index (χ3v) is 4.94. The molecule has 1 amide bonds. The molecule has 1 saturated carbocycles. The summed E-state index contributed by atoms with van der Waals surface area (Å²) in [7, 11) is 0. The van der Waals surface area contributed by atoms with Gasteiger partial charge in [-0.15, -0.1) is 0 Å². The second-order valence-electron chi connectivity index (χ2n) is 7.49. The molecule has 24 heavy (non-hydrogen) atoms. The predicted molar refractivity (Wildman–Crippen MR) is 86.5 cm³/mol. The minimum atomic E-state index is -3.15. The molecule has 0 radical (unpaired) electrons. The molecule has 3 rings (SSSR count). The van der Waals surface area contributed by atoms with Crippen LogP contribution < -0.4 is 0 Å². The van der Waals surface area contributed by atoms with Crippen LogP contribution in [0.4, 0.5) is 13.6 Å². The molecule has 0 N–H and O–H groups in total. The number of fused-ring (bicyclic) bond motifs is 1. The van der Waals surface area contributed by atoms with E-state index >= 15 is 8.78 Å². The van der Waals surface area contributed by atoms with E-state index in [1.54, 1.807) is 20.8 Å². The number of piperidine rings is 1. The Bertz CT molecular complexity index is 673. The number of hydrogen-bond donors (Lipinski definition) is 0. The van der Waals surface area contributed by atoms with Crippen LogP contribution in [-0.4, -0.2) is 34.7 Å². The van der Waals surface area contributed by atoms with Crippen LogP contribution in [0.25, 0.3) is 0 Å². The fourth-order valence-electron chi connectivity index (χ4n) is 3.37. The van der Waals surface area contributed by atoms with Crippen molar-refractivity contribution in [1.82, 2.24) is 9.88 Å². The normalized spacial score (nSPS) is 26.3. The highest BCUT2D eigenvalue weighted by molar-refractivity contribution is 6.32. The Hall–Kier alpha value is -1.14. The molecule has 4 nitrogen and oxygen atoms in total. The second kappa shape index (κ2) is 5.43. The number of carbonyl (C=O) groups excluding carboxylic acids is 1. The zero-order valence-electron chi connectivity index (χ0n) is 13.6. The Morgan fingerprint density at radius 2 is 1.92 bits per heavy atom. The van der Waals surface area contributed by atoms with Gasteiger partial charge in [-0.05, 0) is 45.2 Å². The molecule has 2 heterocycles. The van der Waals surface area contributed by atoms with Crippen molar-refractivity contribution in [2.24, 2.45) is 11.3 Å². The molecule has 1 aromatic heterocycles. The third-order valence-electron chi connectivity index (χ3n) is 4.55. The smallest absolute Gasteiger partial charge is 0.410 e. The summed E-state index contributed by atoms with van der Waals surface area (Å²) in [6.45, 7) is 5.46. The SMILES string of the molecule is CC(C)(C)OC(=O)N1C[C@@H]2C[C@]2(C(F)(F)c2cc(Cl)nc(Cl)c2)C1. The molecule has 8 heteroatoms. The highest BCUT2D eigenvalue weighted by atomic mass is 35.5. The van der Waals surface area contributed by atoms with Gasteiger partial charge in [-0.25, -0.2) is 18.6 Å². The van der Waals surface area contributed by atoms with E-state index in [0.717, 1.165) is 12.1 Å². The molecular weight excluding hydrogens is 361 g/mol. The Kier molecular flexibility index (Phi) is 4.00. The Morgan fingerprint density at radius 3 is 2.46 bits per heavy atom. The van der Waals surface area contributed by atoms with Crippen LogP contribution in [0.2, 0.25) is 10.3 Å². The van der Waals surface area contributed by atoms with Gasteiger partial charge < -0.3 is 9.64 Å². The lowest BCUT2D eigenvalue weighted by Gasteiger charge is -2.29. The molecule has 132 valence electrons. The van der Waals surface area contributed by atoms with Gasteiger partial charge in [0, 0.05) is 18.7 Å². The summed E-state index contributed by atoms with van der Waals surface area (Å²) in [5, 5.41) is -0.152. The lowest BCUT2D eigenvalue weighted by Crippen LogP contribution is -2.40. The van der Waals surface area contributed by atoms with Gasteiger partial charge in [-0.2, -0.15) is 0 Å². The number of carbonyl (C=O) groups is 1. The molecule has 2 atom stereocenters. The number of aromatic nitrogens is 1. The molecule has 1 aliphatic carbocycles. The fraction of sp³-hybridized carbons (Fsp3) is 0.625. The molecule has 0 aromatic carbocycles.